The number of carboxylic acid groups (broad SMARTS) is 1. The summed E-state index contributed by atoms with van der Waals surface area (Å²) in [7, 11) is 1.35. The molecule has 8 nitrogen and oxygen atoms in total. The number of hydrogen-bond acceptors (Lipinski definition) is 6. The van der Waals surface area contributed by atoms with E-state index in [9.17, 15) is 14.4 Å². The summed E-state index contributed by atoms with van der Waals surface area (Å²) >= 11 is 1.05. The Balaban J connectivity index is 2.08. The Kier molecular flexibility index (Phi) is 5.72. The lowest BCUT2D eigenvalue weighted by molar-refractivity contribution is -0.140. The van der Waals surface area contributed by atoms with Crippen molar-refractivity contribution in [2.45, 2.75) is 13.0 Å². The highest BCUT2D eigenvalue weighted by Gasteiger charge is 2.23. The maximum absolute atomic E-state index is 12.2. The van der Waals surface area contributed by atoms with Crippen LogP contribution >= 0.6 is 11.3 Å². The Labute approximate surface area is 141 Å². The van der Waals surface area contributed by atoms with Gasteiger partial charge in [0.25, 0.3) is 11.8 Å². The number of nitrogens with one attached hydrogen (secondary N) is 2. The number of aryl methyl sites for hydroxylation is 1. The molecule has 2 aromatic rings. The number of rotatable bonds is 7. The molecular weight excluding hydrogens is 336 g/mol. The maximum Gasteiger partial charge on any atom is 0.328 e. The monoisotopic (exact) mass is 352 g/mol. The van der Waals surface area contributed by atoms with Crippen LogP contribution in [0, 0.1) is 6.92 Å². The number of furan rings is 1. The molecule has 0 aliphatic rings. The molecule has 0 saturated carbocycles. The van der Waals surface area contributed by atoms with E-state index in [1.807, 2.05) is 0 Å². The number of thiophene rings is 1. The fraction of sp³-hybridized carbons (Fsp3) is 0.267. The van der Waals surface area contributed by atoms with Crippen LogP contribution in [0.15, 0.2) is 28.9 Å². The first-order chi connectivity index (χ1) is 11.4. The summed E-state index contributed by atoms with van der Waals surface area (Å²) in [5, 5.41) is 14.5. The average molecular weight is 352 g/mol. The summed E-state index contributed by atoms with van der Waals surface area (Å²) in [6.45, 7) is 1.55. The minimum absolute atomic E-state index is 0.145. The first kappa shape index (κ1) is 17.7. The predicted octanol–water partition coefficient (Wildman–Crippen LogP) is 1.73. The molecule has 2 amide bonds. The molecule has 3 N–H and O–H groups in total. The zero-order valence-corrected chi connectivity index (χ0v) is 13.8. The SMILES string of the molecule is COCC(NC(=O)c1sc(NC(=O)c2ccco2)cc1C)C(=O)O. The van der Waals surface area contributed by atoms with E-state index in [0.717, 1.165) is 11.3 Å². The molecule has 0 spiro atoms. The highest BCUT2D eigenvalue weighted by atomic mass is 32.1. The largest absolute Gasteiger partial charge is 0.480 e. The Morgan fingerprint density at radius 2 is 2.12 bits per heavy atom. The van der Waals surface area contributed by atoms with E-state index >= 15 is 0 Å². The second-order valence-corrected chi connectivity index (χ2v) is 5.93. The van der Waals surface area contributed by atoms with E-state index in [4.69, 9.17) is 14.3 Å². The molecule has 2 aromatic heterocycles. The summed E-state index contributed by atoms with van der Waals surface area (Å²) in [6, 6.07) is 3.60. The molecule has 1 atom stereocenters. The minimum atomic E-state index is -1.19. The molecule has 1 unspecified atom stereocenters. The number of carbonyl (C=O) groups is 3. The van der Waals surface area contributed by atoms with Crippen molar-refractivity contribution in [2.24, 2.45) is 0 Å². The van der Waals surface area contributed by atoms with Crippen molar-refractivity contribution in [3.8, 4) is 0 Å². The van der Waals surface area contributed by atoms with Crippen LogP contribution in [0.1, 0.15) is 25.8 Å². The van der Waals surface area contributed by atoms with Crippen LogP contribution in [0.25, 0.3) is 0 Å². The van der Waals surface area contributed by atoms with Crippen molar-refractivity contribution in [3.05, 3.63) is 40.7 Å². The van der Waals surface area contributed by atoms with Gasteiger partial charge in [-0.3, -0.25) is 9.59 Å². The number of ether oxygens (including phenoxy) is 1. The summed E-state index contributed by atoms with van der Waals surface area (Å²) in [4.78, 5) is 35.5. The van der Waals surface area contributed by atoms with Crippen LogP contribution in [0.4, 0.5) is 5.00 Å². The number of amides is 2. The van der Waals surface area contributed by atoms with Gasteiger partial charge in [0.2, 0.25) is 0 Å². The van der Waals surface area contributed by atoms with Gasteiger partial charge in [-0.15, -0.1) is 11.3 Å². The molecule has 0 aliphatic carbocycles. The second-order valence-electron chi connectivity index (χ2n) is 4.87. The summed E-state index contributed by atoms with van der Waals surface area (Å²) < 4.78 is 9.76. The van der Waals surface area contributed by atoms with Crippen molar-refractivity contribution < 1.29 is 28.6 Å². The third kappa shape index (κ3) is 4.21. The van der Waals surface area contributed by atoms with Gasteiger partial charge in [0, 0.05) is 7.11 Å². The Morgan fingerprint density at radius 1 is 1.38 bits per heavy atom. The average Bonchev–Trinajstić information content (AvgIpc) is 3.16. The van der Waals surface area contributed by atoms with Crippen LogP contribution in [0.5, 0.6) is 0 Å². The van der Waals surface area contributed by atoms with Gasteiger partial charge in [-0.25, -0.2) is 4.79 Å². The number of methoxy groups -OCH3 is 1. The predicted molar refractivity (Wildman–Crippen MR) is 86.5 cm³/mol. The molecule has 0 aliphatic heterocycles. The molecule has 128 valence electrons. The molecule has 0 saturated heterocycles. The summed E-state index contributed by atoms with van der Waals surface area (Å²) in [5.74, 6) is -2.01. The lowest BCUT2D eigenvalue weighted by Crippen LogP contribution is -2.43. The zero-order chi connectivity index (χ0) is 17.7. The fourth-order valence-electron chi connectivity index (χ4n) is 1.92. The number of carbonyl (C=O) groups excluding carboxylic acids is 2. The maximum atomic E-state index is 12.2. The Hall–Kier alpha value is -2.65. The highest BCUT2D eigenvalue weighted by molar-refractivity contribution is 7.18. The summed E-state index contributed by atoms with van der Waals surface area (Å²) in [5.41, 5.74) is 0.619. The van der Waals surface area contributed by atoms with Crippen molar-refractivity contribution in [1.82, 2.24) is 5.32 Å². The lowest BCUT2D eigenvalue weighted by atomic mass is 10.2. The minimum Gasteiger partial charge on any atom is -0.480 e. The molecular formula is C15H16N2O6S. The van der Waals surface area contributed by atoms with Gasteiger partial charge >= 0.3 is 5.97 Å². The molecule has 0 radical (unpaired) electrons. The molecule has 0 bridgehead atoms. The standard InChI is InChI=1S/C15H16N2O6S/c1-8-6-11(17-13(18)10-4-3-5-23-10)24-12(8)14(19)16-9(7-22-2)15(20)21/h3-6,9H,7H2,1-2H3,(H,16,19)(H,17,18)(H,20,21). The first-order valence-corrected chi connectivity index (χ1v) is 7.72. The smallest absolute Gasteiger partial charge is 0.328 e. The van der Waals surface area contributed by atoms with E-state index in [-0.39, 0.29) is 12.4 Å². The van der Waals surface area contributed by atoms with Crippen LogP contribution in [0.3, 0.4) is 0 Å². The van der Waals surface area contributed by atoms with Crippen LogP contribution < -0.4 is 10.6 Å². The molecule has 0 aromatic carbocycles. The van der Waals surface area contributed by atoms with Gasteiger partial charge in [-0.2, -0.15) is 0 Å². The van der Waals surface area contributed by atoms with Crippen molar-refractivity contribution >= 4 is 34.1 Å². The van der Waals surface area contributed by atoms with E-state index in [2.05, 4.69) is 10.6 Å². The Bertz CT molecular complexity index is 737. The van der Waals surface area contributed by atoms with E-state index < -0.39 is 23.8 Å². The molecule has 24 heavy (non-hydrogen) atoms. The quantitative estimate of drug-likeness (QED) is 0.698. The lowest BCUT2D eigenvalue weighted by Gasteiger charge is -2.12. The van der Waals surface area contributed by atoms with E-state index in [1.165, 1.54) is 19.4 Å². The van der Waals surface area contributed by atoms with E-state index in [1.54, 1.807) is 19.1 Å². The number of anilines is 1. The van der Waals surface area contributed by atoms with Gasteiger partial charge in [-0.1, -0.05) is 0 Å². The van der Waals surface area contributed by atoms with Crippen molar-refractivity contribution in [3.63, 3.8) is 0 Å². The normalized spacial score (nSPS) is 11.8. The zero-order valence-electron chi connectivity index (χ0n) is 13.0. The number of hydrogen-bond donors (Lipinski definition) is 3. The number of aliphatic carboxylic acids is 1. The third-order valence-corrected chi connectivity index (χ3v) is 4.19. The molecule has 2 rings (SSSR count). The van der Waals surface area contributed by atoms with Gasteiger partial charge in [0.15, 0.2) is 11.8 Å². The summed E-state index contributed by atoms with van der Waals surface area (Å²) in [6.07, 6.45) is 1.38. The number of carboxylic acids is 1. The van der Waals surface area contributed by atoms with Gasteiger partial charge in [0.05, 0.1) is 22.7 Å². The molecule has 2 heterocycles. The molecule has 0 fully saturated rings. The van der Waals surface area contributed by atoms with Crippen LogP contribution in [-0.4, -0.2) is 42.6 Å². The third-order valence-electron chi connectivity index (χ3n) is 3.04. The highest BCUT2D eigenvalue weighted by Crippen LogP contribution is 2.27. The second kappa shape index (κ2) is 7.75. The van der Waals surface area contributed by atoms with Crippen LogP contribution in [-0.2, 0) is 9.53 Å². The topological polar surface area (TPSA) is 118 Å². The van der Waals surface area contributed by atoms with Crippen LogP contribution in [0.2, 0.25) is 0 Å². The fourth-order valence-corrected chi connectivity index (χ4v) is 2.89. The van der Waals surface area contributed by atoms with Gasteiger partial charge in [0.1, 0.15) is 0 Å². The molecule has 9 heteroatoms. The van der Waals surface area contributed by atoms with Crippen molar-refractivity contribution in [2.75, 3.05) is 19.0 Å². The van der Waals surface area contributed by atoms with E-state index in [0.29, 0.717) is 15.4 Å². The van der Waals surface area contributed by atoms with Crippen molar-refractivity contribution in [1.29, 1.82) is 0 Å². The Morgan fingerprint density at radius 3 is 2.71 bits per heavy atom. The van der Waals surface area contributed by atoms with Gasteiger partial charge < -0.3 is 24.9 Å². The van der Waals surface area contributed by atoms with Gasteiger partial charge in [-0.05, 0) is 30.7 Å². The first-order valence-electron chi connectivity index (χ1n) is 6.90.